The van der Waals surface area contributed by atoms with Gasteiger partial charge in [-0.05, 0) is 19.9 Å². The fourth-order valence-corrected chi connectivity index (χ4v) is 2.48. The van der Waals surface area contributed by atoms with Crippen LogP contribution in [0.2, 0.25) is 0 Å². The Bertz CT molecular complexity index is 706. The molecule has 6 heteroatoms. The van der Waals surface area contributed by atoms with E-state index in [1.54, 1.807) is 13.8 Å². The van der Waals surface area contributed by atoms with E-state index in [1.165, 1.54) is 14.2 Å². The molecule has 2 rings (SSSR count). The third-order valence-electron chi connectivity index (χ3n) is 3.65. The van der Waals surface area contributed by atoms with E-state index in [-0.39, 0.29) is 12.3 Å². The molecule has 1 aromatic heterocycles. The van der Waals surface area contributed by atoms with E-state index < -0.39 is 17.5 Å². The van der Waals surface area contributed by atoms with Gasteiger partial charge in [-0.1, -0.05) is 18.2 Å². The van der Waals surface area contributed by atoms with E-state index in [0.29, 0.717) is 16.5 Å². The van der Waals surface area contributed by atoms with Crippen molar-refractivity contribution in [1.82, 2.24) is 4.98 Å². The Morgan fingerprint density at radius 3 is 2.50 bits per heavy atom. The number of fused-ring (bicyclic) bond motifs is 1. The highest BCUT2D eigenvalue weighted by atomic mass is 16.6. The van der Waals surface area contributed by atoms with E-state index in [9.17, 15) is 9.59 Å². The molecule has 0 saturated carbocycles. The summed E-state index contributed by atoms with van der Waals surface area (Å²) >= 11 is 0. The van der Waals surface area contributed by atoms with Crippen molar-refractivity contribution in [2.45, 2.75) is 19.4 Å². The van der Waals surface area contributed by atoms with Gasteiger partial charge < -0.3 is 19.2 Å². The van der Waals surface area contributed by atoms with Gasteiger partial charge >= 0.3 is 11.9 Å². The van der Waals surface area contributed by atoms with Gasteiger partial charge in [-0.2, -0.15) is 0 Å². The summed E-state index contributed by atoms with van der Waals surface area (Å²) in [7, 11) is 2.67. The zero-order valence-electron chi connectivity index (χ0n) is 13.1. The van der Waals surface area contributed by atoms with Crippen molar-refractivity contribution in [2.24, 2.45) is 0 Å². The van der Waals surface area contributed by atoms with Crippen LogP contribution < -0.4 is 0 Å². The van der Waals surface area contributed by atoms with Crippen LogP contribution in [0.15, 0.2) is 24.3 Å². The number of hydrogen-bond acceptors (Lipinski definition) is 5. The number of esters is 2. The lowest BCUT2D eigenvalue weighted by atomic mass is 9.92. The molecule has 0 amide bonds. The maximum Gasteiger partial charge on any atom is 0.355 e. The molecule has 6 nitrogen and oxygen atoms in total. The van der Waals surface area contributed by atoms with Crippen molar-refractivity contribution in [3.8, 4) is 0 Å². The summed E-state index contributed by atoms with van der Waals surface area (Å²) in [6.45, 7) is 3.52. The lowest BCUT2D eigenvalue weighted by molar-refractivity contribution is -0.165. The standard InChI is InChI=1S/C16H19NO5/c1-5-22-14(18)13-12(16(2,21-4)15(19)20-3)10-8-6-7-9-11(10)17-13/h6-9,17H,5H2,1-4H3. The molecule has 118 valence electrons. The maximum absolute atomic E-state index is 12.2. The molecule has 0 radical (unpaired) electrons. The van der Waals surface area contributed by atoms with Gasteiger partial charge in [-0.25, -0.2) is 9.59 Å². The molecular formula is C16H19NO5. The quantitative estimate of drug-likeness (QED) is 0.858. The number of benzene rings is 1. The van der Waals surface area contributed by atoms with E-state index in [2.05, 4.69) is 4.98 Å². The number of ether oxygens (including phenoxy) is 3. The Morgan fingerprint density at radius 1 is 1.23 bits per heavy atom. The maximum atomic E-state index is 12.2. The highest BCUT2D eigenvalue weighted by molar-refractivity contribution is 6.02. The van der Waals surface area contributed by atoms with Crippen LogP contribution in [0, 0.1) is 0 Å². The van der Waals surface area contributed by atoms with Crippen LogP contribution in [-0.4, -0.2) is 37.7 Å². The van der Waals surface area contributed by atoms with Crippen LogP contribution in [0.3, 0.4) is 0 Å². The number of aromatic nitrogens is 1. The zero-order valence-corrected chi connectivity index (χ0v) is 13.1. The fourth-order valence-electron chi connectivity index (χ4n) is 2.48. The van der Waals surface area contributed by atoms with Gasteiger partial charge in [0.2, 0.25) is 0 Å². The van der Waals surface area contributed by atoms with Gasteiger partial charge in [0.05, 0.1) is 13.7 Å². The summed E-state index contributed by atoms with van der Waals surface area (Å²) in [5.41, 5.74) is -0.0994. The van der Waals surface area contributed by atoms with Gasteiger partial charge in [0.15, 0.2) is 5.60 Å². The van der Waals surface area contributed by atoms with Crippen LogP contribution in [-0.2, 0) is 24.6 Å². The van der Waals surface area contributed by atoms with E-state index in [4.69, 9.17) is 14.2 Å². The zero-order chi connectivity index (χ0) is 16.3. The summed E-state index contributed by atoms with van der Waals surface area (Å²) in [4.78, 5) is 27.5. The summed E-state index contributed by atoms with van der Waals surface area (Å²) in [6, 6.07) is 7.28. The number of H-pyrrole nitrogens is 1. The van der Waals surface area contributed by atoms with Crippen LogP contribution in [0.25, 0.3) is 10.9 Å². The van der Waals surface area contributed by atoms with E-state index >= 15 is 0 Å². The molecule has 1 unspecified atom stereocenters. The molecule has 0 spiro atoms. The smallest absolute Gasteiger partial charge is 0.355 e. The number of methoxy groups -OCH3 is 2. The van der Waals surface area contributed by atoms with Gasteiger partial charge in [0.1, 0.15) is 5.69 Å². The predicted octanol–water partition coefficient (Wildman–Crippen LogP) is 2.38. The average Bonchev–Trinajstić information content (AvgIpc) is 2.93. The van der Waals surface area contributed by atoms with Crippen molar-refractivity contribution in [3.63, 3.8) is 0 Å². The summed E-state index contributed by atoms with van der Waals surface area (Å²) in [6.07, 6.45) is 0. The Kier molecular flexibility index (Phi) is 4.51. The SMILES string of the molecule is CCOC(=O)c1[nH]c2ccccc2c1C(C)(OC)C(=O)OC. The van der Waals surface area contributed by atoms with Crippen molar-refractivity contribution in [2.75, 3.05) is 20.8 Å². The number of carbonyl (C=O) groups is 2. The summed E-state index contributed by atoms with van der Waals surface area (Å²) in [5, 5.41) is 0.709. The first-order chi connectivity index (χ1) is 10.5. The number of aromatic amines is 1. The van der Waals surface area contributed by atoms with E-state index in [0.717, 1.165) is 0 Å². The Balaban J connectivity index is 2.76. The number of rotatable bonds is 5. The van der Waals surface area contributed by atoms with Crippen LogP contribution in [0.4, 0.5) is 0 Å². The predicted molar refractivity (Wildman–Crippen MR) is 80.6 cm³/mol. The Labute approximate surface area is 128 Å². The van der Waals surface area contributed by atoms with E-state index in [1.807, 2.05) is 24.3 Å². The first kappa shape index (κ1) is 16.0. The second-order valence-corrected chi connectivity index (χ2v) is 4.87. The molecule has 0 bridgehead atoms. The summed E-state index contributed by atoms with van der Waals surface area (Å²) < 4.78 is 15.3. The molecular weight excluding hydrogens is 286 g/mol. The Hall–Kier alpha value is -2.34. The molecule has 1 aromatic carbocycles. The second kappa shape index (κ2) is 6.19. The third-order valence-corrected chi connectivity index (χ3v) is 3.65. The molecule has 0 saturated heterocycles. The van der Waals surface area contributed by atoms with Crippen molar-refractivity contribution < 1.29 is 23.8 Å². The minimum atomic E-state index is -1.42. The van der Waals surface area contributed by atoms with Crippen LogP contribution in [0.1, 0.15) is 29.9 Å². The molecule has 0 aliphatic carbocycles. The molecule has 22 heavy (non-hydrogen) atoms. The second-order valence-electron chi connectivity index (χ2n) is 4.87. The molecule has 1 heterocycles. The lowest BCUT2D eigenvalue weighted by Gasteiger charge is -2.25. The number of carbonyl (C=O) groups excluding carboxylic acids is 2. The summed E-state index contributed by atoms with van der Waals surface area (Å²) in [5.74, 6) is -1.13. The highest BCUT2D eigenvalue weighted by Crippen LogP contribution is 2.35. The number of para-hydroxylation sites is 1. The monoisotopic (exact) mass is 305 g/mol. The van der Waals surface area contributed by atoms with Gasteiger partial charge in [-0.15, -0.1) is 0 Å². The molecule has 2 aromatic rings. The van der Waals surface area contributed by atoms with Gasteiger partial charge in [0, 0.05) is 23.6 Å². The first-order valence-electron chi connectivity index (χ1n) is 6.91. The highest BCUT2D eigenvalue weighted by Gasteiger charge is 2.42. The fraction of sp³-hybridized carbons (Fsp3) is 0.375. The molecule has 0 aliphatic heterocycles. The topological polar surface area (TPSA) is 77.6 Å². The number of hydrogen-bond donors (Lipinski definition) is 1. The largest absolute Gasteiger partial charge is 0.467 e. The first-order valence-corrected chi connectivity index (χ1v) is 6.91. The van der Waals surface area contributed by atoms with Gasteiger partial charge in [0.25, 0.3) is 0 Å². The lowest BCUT2D eigenvalue weighted by Crippen LogP contribution is -2.37. The van der Waals surface area contributed by atoms with Crippen molar-refractivity contribution >= 4 is 22.8 Å². The van der Waals surface area contributed by atoms with Crippen LogP contribution >= 0.6 is 0 Å². The van der Waals surface area contributed by atoms with Crippen molar-refractivity contribution in [1.29, 1.82) is 0 Å². The molecule has 0 fully saturated rings. The minimum absolute atomic E-state index is 0.192. The van der Waals surface area contributed by atoms with Crippen molar-refractivity contribution in [3.05, 3.63) is 35.5 Å². The normalized spacial score (nSPS) is 13.6. The van der Waals surface area contributed by atoms with Crippen LogP contribution in [0.5, 0.6) is 0 Å². The molecule has 0 aliphatic rings. The molecule has 1 atom stereocenters. The number of nitrogens with one attached hydrogen (secondary N) is 1. The minimum Gasteiger partial charge on any atom is -0.467 e. The third kappa shape index (κ3) is 2.46. The van der Waals surface area contributed by atoms with Gasteiger partial charge in [-0.3, -0.25) is 0 Å². The Morgan fingerprint density at radius 2 is 1.91 bits per heavy atom. The average molecular weight is 305 g/mol. The molecule has 1 N–H and O–H groups in total.